The van der Waals surface area contributed by atoms with Crippen molar-refractivity contribution in [2.24, 2.45) is 0 Å². The van der Waals surface area contributed by atoms with Gasteiger partial charge in [-0.2, -0.15) is 0 Å². The summed E-state index contributed by atoms with van der Waals surface area (Å²) in [6.45, 7) is 6.62. The van der Waals surface area contributed by atoms with Crippen molar-refractivity contribution in [2.45, 2.75) is 18.8 Å². The lowest BCUT2D eigenvalue weighted by atomic mass is 9.92. The van der Waals surface area contributed by atoms with Crippen LogP contribution in [0.15, 0.2) is 24.5 Å². The van der Waals surface area contributed by atoms with Gasteiger partial charge < -0.3 is 15.1 Å². The van der Waals surface area contributed by atoms with E-state index in [4.69, 9.17) is 0 Å². The van der Waals surface area contributed by atoms with Crippen LogP contribution >= 0.6 is 0 Å². The van der Waals surface area contributed by atoms with Gasteiger partial charge in [-0.25, -0.2) is 9.97 Å². The number of aromatic nitrogens is 2. The Morgan fingerprint density at radius 3 is 2.61 bits per heavy atom. The Morgan fingerprint density at radius 1 is 1.04 bits per heavy atom. The molecule has 0 saturated carbocycles. The number of hydrogen-bond donors (Lipinski definition) is 1. The first kappa shape index (κ1) is 14.8. The second-order valence-electron chi connectivity index (χ2n) is 6.77. The smallest absolute Gasteiger partial charge is 0.116 e. The molecule has 2 aliphatic rings. The van der Waals surface area contributed by atoms with E-state index in [1.165, 1.54) is 29.6 Å². The average molecular weight is 311 g/mol. The lowest BCUT2D eigenvalue weighted by Gasteiger charge is -2.34. The number of likely N-dealkylation sites (N-methyl/N-ethyl adjacent to an activating group) is 1. The lowest BCUT2D eigenvalue weighted by Crippen LogP contribution is -2.44. The van der Waals surface area contributed by atoms with Gasteiger partial charge in [0.15, 0.2) is 0 Å². The Kier molecular flexibility index (Phi) is 4.14. The molecule has 4 rings (SSSR count). The molecule has 2 saturated heterocycles. The van der Waals surface area contributed by atoms with E-state index in [0.717, 1.165) is 44.8 Å². The van der Waals surface area contributed by atoms with Crippen LogP contribution in [0.1, 0.15) is 24.5 Å². The van der Waals surface area contributed by atoms with Crippen molar-refractivity contribution < 1.29 is 0 Å². The van der Waals surface area contributed by atoms with E-state index in [-0.39, 0.29) is 0 Å². The summed E-state index contributed by atoms with van der Waals surface area (Å²) in [4.78, 5) is 14.0. The molecule has 2 aromatic rings. The Bertz CT molecular complexity index is 672. The Balaban J connectivity index is 1.64. The van der Waals surface area contributed by atoms with Crippen molar-refractivity contribution in [1.82, 2.24) is 20.2 Å². The van der Waals surface area contributed by atoms with Crippen LogP contribution < -0.4 is 10.2 Å². The van der Waals surface area contributed by atoms with Gasteiger partial charge in [-0.05, 0) is 51.2 Å². The molecule has 0 bridgehead atoms. The number of anilines is 1. The molecule has 1 aromatic heterocycles. The Hall–Kier alpha value is -1.72. The van der Waals surface area contributed by atoms with Crippen LogP contribution in [0.2, 0.25) is 0 Å². The number of benzene rings is 1. The first-order chi connectivity index (χ1) is 11.3. The predicted molar refractivity (Wildman–Crippen MR) is 94.1 cm³/mol. The number of fused-ring (bicyclic) bond motifs is 1. The molecule has 122 valence electrons. The second kappa shape index (κ2) is 6.42. The quantitative estimate of drug-likeness (QED) is 0.917. The highest BCUT2D eigenvalue weighted by Crippen LogP contribution is 2.30. The van der Waals surface area contributed by atoms with Crippen LogP contribution in [0.4, 0.5) is 5.69 Å². The zero-order valence-corrected chi connectivity index (χ0v) is 13.8. The van der Waals surface area contributed by atoms with Crippen LogP contribution in [0.3, 0.4) is 0 Å². The fraction of sp³-hybridized carbons (Fsp3) is 0.556. The van der Waals surface area contributed by atoms with Gasteiger partial charge in [0.2, 0.25) is 0 Å². The summed E-state index contributed by atoms with van der Waals surface area (Å²) in [5.41, 5.74) is 3.62. The molecule has 1 aromatic carbocycles. The molecular formula is C18H25N5. The molecule has 0 amide bonds. The molecule has 23 heavy (non-hydrogen) atoms. The van der Waals surface area contributed by atoms with E-state index in [9.17, 15) is 0 Å². The standard InChI is InChI=1S/C18H25N5/c1-22-8-10-23(11-9-22)15-2-3-16-17(12-15)20-13-21-18(16)14-4-6-19-7-5-14/h2-3,12-14,19H,4-11H2,1H3. The predicted octanol–water partition coefficient (Wildman–Crippen LogP) is 1.85. The maximum Gasteiger partial charge on any atom is 0.116 e. The van der Waals surface area contributed by atoms with E-state index in [0.29, 0.717) is 5.92 Å². The molecule has 1 N–H and O–H groups in total. The summed E-state index contributed by atoms with van der Waals surface area (Å²) in [5, 5.41) is 4.67. The molecule has 2 fully saturated rings. The van der Waals surface area contributed by atoms with Gasteiger partial charge in [-0.3, -0.25) is 0 Å². The fourth-order valence-electron chi connectivity index (χ4n) is 3.75. The van der Waals surface area contributed by atoms with Crippen LogP contribution in [-0.4, -0.2) is 61.2 Å². The Labute approximate surface area is 137 Å². The molecule has 0 spiro atoms. The van der Waals surface area contributed by atoms with Crippen LogP contribution in [-0.2, 0) is 0 Å². The highest BCUT2D eigenvalue weighted by molar-refractivity contribution is 5.84. The van der Waals surface area contributed by atoms with Crippen LogP contribution in [0.5, 0.6) is 0 Å². The van der Waals surface area contributed by atoms with Crippen molar-refractivity contribution in [3.05, 3.63) is 30.2 Å². The number of hydrogen-bond acceptors (Lipinski definition) is 5. The maximum atomic E-state index is 4.62. The van der Waals surface area contributed by atoms with Crippen molar-refractivity contribution in [3.8, 4) is 0 Å². The minimum atomic E-state index is 0.566. The molecule has 0 radical (unpaired) electrons. The van der Waals surface area contributed by atoms with Gasteiger partial charge in [0.05, 0.1) is 11.2 Å². The largest absolute Gasteiger partial charge is 0.369 e. The minimum Gasteiger partial charge on any atom is -0.369 e. The van der Waals surface area contributed by atoms with Crippen LogP contribution in [0, 0.1) is 0 Å². The normalized spacial score (nSPS) is 21.0. The first-order valence-corrected chi connectivity index (χ1v) is 8.70. The van der Waals surface area contributed by atoms with Crippen molar-refractivity contribution in [3.63, 3.8) is 0 Å². The number of rotatable bonds is 2. The summed E-state index contributed by atoms with van der Waals surface area (Å²) < 4.78 is 0. The summed E-state index contributed by atoms with van der Waals surface area (Å²) in [7, 11) is 2.19. The van der Waals surface area contributed by atoms with Gasteiger partial charge in [0.25, 0.3) is 0 Å². The molecule has 0 atom stereocenters. The monoisotopic (exact) mass is 311 g/mol. The van der Waals surface area contributed by atoms with Gasteiger partial charge in [0, 0.05) is 43.2 Å². The molecule has 3 heterocycles. The first-order valence-electron chi connectivity index (χ1n) is 8.70. The fourth-order valence-corrected chi connectivity index (χ4v) is 3.75. The van der Waals surface area contributed by atoms with Gasteiger partial charge in [0.1, 0.15) is 6.33 Å². The van der Waals surface area contributed by atoms with E-state index in [2.05, 4.69) is 50.3 Å². The van der Waals surface area contributed by atoms with E-state index < -0.39 is 0 Å². The molecule has 0 aliphatic carbocycles. The van der Waals surface area contributed by atoms with E-state index >= 15 is 0 Å². The van der Waals surface area contributed by atoms with Crippen molar-refractivity contribution in [1.29, 1.82) is 0 Å². The SMILES string of the molecule is CN1CCN(c2ccc3c(C4CCNCC4)ncnc3c2)CC1. The topological polar surface area (TPSA) is 44.3 Å². The molecule has 5 heteroatoms. The van der Waals surface area contributed by atoms with E-state index in [1.54, 1.807) is 6.33 Å². The Morgan fingerprint density at radius 2 is 1.83 bits per heavy atom. The molecule has 5 nitrogen and oxygen atoms in total. The second-order valence-corrected chi connectivity index (χ2v) is 6.77. The zero-order chi connectivity index (χ0) is 15.6. The third kappa shape index (κ3) is 3.03. The zero-order valence-electron chi connectivity index (χ0n) is 13.8. The van der Waals surface area contributed by atoms with Gasteiger partial charge in [-0.1, -0.05) is 0 Å². The summed E-state index contributed by atoms with van der Waals surface area (Å²) in [6.07, 6.45) is 4.09. The number of piperazine rings is 1. The summed E-state index contributed by atoms with van der Waals surface area (Å²) in [6, 6.07) is 6.73. The molecular weight excluding hydrogens is 286 g/mol. The third-order valence-corrected chi connectivity index (χ3v) is 5.25. The van der Waals surface area contributed by atoms with E-state index in [1.807, 2.05) is 0 Å². The maximum absolute atomic E-state index is 4.62. The summed E-state index contributed by atoms with van der Waals surface area (Å²) >= 11 is 0. The lowest BCUT2D eigenvalue weighted by molar-refractivity contribution is 0.313. The summed E-state index contributed by atoms with van der Waals surface area (Å²) in [5.74, 6) is 0.566. The highest BCUT2D eigenvalue weighted by Gasteiger charge is 2.20. The molecule has 2 aliphatic heterocycles. The number of nitrogens with one attached hydrogen (secondary N) is 1. The van der Waals surface area contributed by atoms with Gasteiger partial charge >= 0.3 is 0 Å². The van der Waals surface area contributed by atoms with Gasteiger partial charge in [-0.15, -0.1) is 0 Å². The van der Waals surface area contributed by atoms with Crippen molar-refractivity contribution >= 4 is 16.6 Å². The number of piperidine rings is 1. The minimum absolute atomic E-state index is 0.566. The molecule has 0 unspecified atom stereocenters. The van der Waals surface area contributed by atoms with Crippen molar-refractivity contribution in [2.75, 3.05) is 51.2 Å². The number of nitrogens with zero attached hydrogens (tertiary/aromatic N) is 4. The highest BCUT2D eigenvalue weighted by atomic mass is 15.2. The average Bonchev–Trinajstić information content (AvgIpc) is 2.62. The third-order valence-electron chi connectivity index (χ3n) is 5.25. The van der Waals surface area contributed by atoms with Crippen LogP contribution in [0.25, 0.3) is 10.9 Å².